The second-order valence-corrected chi connectivity index (χ2v) is 6.38. The average Bonchev–Trinajstić information content (AvgIpc) is 3.09. The molecule has 0 spiro atoms. The number of hydrogen-bond donors (Lipinski definition) is 2. The lowest BCUT2D eigenvalue weighted by Gasteiger charge is -2.07. The van der Waals surface area contributed by atoms with Crippen molar-refractivity contribution in [1.82, 2.24) is 10.1 Å². The van der Waals surface area contributed by atoms with Crippen LogP contribution in [0.15, 0.2) is 34.2 Å². The van der Waals surface area contributed by atoms with Crippen LogP contribution in [0.5, 0.6) is 0 Å². The van der Waals surface area contributed by atoms with E-state index < -0.39 is 0 Å². The Hall–Kier alpha value is -2.67. The van der Waals surface area contributed by atoms with Gasteiger partial charge in [-0.2, -0.15) is 0 Å². The number of aryl methyl sites for hydroxylation is 3. The standard InChI is InChI=1S/C17H18N4O2S/c1-10-9-24-17(18-10)20-14-6-4-13(5-7-14)19-16(22)8-15-11(2)21-23-12(15)3/h4-7,9H,8H2,1-3H3,(H,18,20)(H,19,22). The van der Waals surface area contributed by atoms with Crippen LogP contribution in [0, 0.1) is 20.8 Å². The van der Waals surface area contributed by atoms with Gasteiger partial charge in [-0.15, -0.1) is 11.3 Å². The molecule has 0 saturated carbocycles. The predicted octanol–water partition coefficient (Wildman–Crippen LogP) is 3.98. The van der Waals surface area contributed by atoms with Gasteiger partial charge in [0, 0.05) is 22.3 Å². The van der Waals surface area contributed by atoms with E-state index in [1.165, 1.54) is 0 Å². The summed E-state index contributed by atoms with van der Waals surface area (Å²) >= 11 is 1.56. The van der Waals surface area contributed by atoms with Crippen molar-refractivity contribution in [2.75, 3.05) is 10.6 Å². The molecule has 0 fully saturated rings. The van der Waals surface area contributed by atoms with E-state index in [0.29, 0.717) is 5.76 Å². The summed E-state index contributed by atoms with van der Waals surface area (Å²) in [5.74, 6) is 0.585. The van der Waals surface area contributed by atoms with E-state index in [1.54, 1.807) is 11.3 Å². The summed E-state index contributed by atoms with van der Waals surface area (Å²) in [7, 11) is 0. The third-order valence-corrected chi connectivity index (χ3v) is 4.43. The molecule has 0 aliphatic rings. The summed E-state index contributed by atoms with van der Waals surface area (Å²) < 4.78 is 5.08. The number of benzene rings is 1. The van der Waals surface area contributed by atoms with Gasteiger partial charge >= 0.3 is 0 Å². The maximum Gasteiger partial charge on any atom is 0.228 e. The maximum absolute atomic E-state index is 12.2. The second-order valence-electron chi connectivity index (χ2n) is 5.52. The SMILES string of the molecule is Cc1csc(Nc2ccc(NC(=O)Cc3c(C)noc3C)cc2)n1. The molecule has 6 nitrogen and oxygen atoms in total. The summed E-state index contributed by atoms with van der Waals surface area (Å²) in [6.45, 7) is 5.60. The predicted molar refractivity (Wildman–Crippen MR) is 94.9 cm³/mol. The lowest BCUT2D eigenvalue weighted by atomic mass is 10.1. The van der Waals surface area contributed by atoms with Crippen molar-refractivity contribution in [1.29, 1.82) is 0 Å². The smallest absolute Gasteiger partial charge is 0.228 e. The fourth-order valence-corrected chi connectivity index (χ4v) is 3.00. The summed E-state index contributed by atoms with van der Waals surface area (Å²) in [4.78, 5) is 16.5. The number of rotatable bonds is 5. The van der Waals surface area contributed by atoms with E-state index >= 15 is 0 Å². The van der Waals surface area contributed by atoms with E-state index in [-0.39, 0.29) is 12.3 Å². The molecule has 2 heterocycles. The van der Waals surface area contributed by atoms with E-state index in [0.717, 1.165) is 33.5 Å². The Labute approximate surface area is 143 Å². The normalized spacial score (nSPS) is 10.6. The first kappa shape index (κ1) is 16.2. The number of anilines is 3. The highest BCUT2D eigenvalue weighted by molar-refractivity contribution is 7.13. The highest BCUT2D eigenvalue weighted by atomic mass is 32.1. The molecule has 0 atom stereocenters. The molecule has 2 N–H and O–H groups in total. The first-order valence-electron chi connectivity index (χ1n) is 7.52. The third kappa shape index (κ3) is 3.80. The minimum Gasteiger partial charge on any atom is -0.361 e. The number of carbonyl (C=O) groups excluding carboxylic acids is 1. The molecule has 124 valence electrons. The number of nitrogens with zero attached hydrogens (tertiary/aromatic N) is 2. The Kier molecular flexibility index (Phi) is 4.61. The van der Waals surface area contributed by atoms with Crippen molar-refractivity contribution < 1.29 is 9.32 Å². The minimum atomic E-state index is -0.0966. The number of thiazole rings is 1. The largest absolute Gasteiger partial charge is 0.361 e. The van der Waals surface area contributed by atoms with E-state index in [9.17, 15) is 4.79 Å². The summed E-state index contributed by atoms with van der Waals surface area (Å²) in [6, 6.07) is 7.52. The molecular weight excluding hydrogens is 324 g/mol. The monoisotopic (exact) mass is 342 g/mol. The lowest BCUT2D eigenvalue weighted by molar-refractivity contribution is -0.115. The van der Waals surface area contributed by atoms with Gasteiger partial charge in [-0.1, -0.05) is 5.16 Å². The third-order valence-electron chi connectivity index (χ3n) is 3.56. The van der Waals surface area contributed by atoms with Crippen molar-refractivity contribution in [2.45, 2.75) is 27.2 Å². The van der Waals surface area contributed by atoms with Crippen LogP contribution in [0.3, 0.4) is 0 Å². The lowest BCUT2D eigenvalue weighted by Crippen LogP contribution is -2.15. The summed E-state index contributed by atoms with van der Waals surface area (Å²) in [5.41, 5.74) is 4.25. The van der Waals surface area contributed by atoms with Crippen LogP contribution in [0.1, 0.15) is 22.7 Å². The van der Waals surface area contributed by atoms with Crippen molar-refractivity contribution in [2.24, 2.45) is 0 Å². The molecule has 2 aromatic heterocycles. The van der Waals surface area contributed by atoms with Gasteiger partial charge in [0.2, 0.25) is 5.91 Å². The van der Waals surface area contributed by atoms with Crippen LogP contribution < -0.4 is 10.6 Å². The maximum atomic E-state index is 12.2. The van der Waals surface area contributed by atoms with Gasteiger partial charge in [0.05, 0.1) is 17.8 Å². The molecule has 3 rings (SSSR count). The molecule has 1 aromatic carbocycles. The number of nitrogens with one attached hydrogen (secondary N) is 2. The van der Waals surface area contributed by atoms with Crippen molar-refractivity contribution in [3.8, 4) is 0 Å². The fraction of sp³-hybridized carbons (Fsp3) is 0.235. The van der Waals surface area contributed by atoms with Crippen molar-refractivity contribution in [3.63, 3.8) is 0 Å². The zero-order valence-corrected chi connectivity index (χ0v) is 14.5. The van der Waals surface area contributed by atoms with E-state index in [4.69, 9.17) is 4.52 Å². The molecule has 0 aliphatic heterocycles. The van der Waals surface area contributed by atoms with Crippen LogP contribution in [0.25, 0.3) is 0 Å². The molecule has 1 amide bonds. The molecule has 0 radical (unpaired) electrons. The summed E-state index contributed by atoms with van der Waals surface area (Å²) in [6.07, 6.45) is 0.250. The number of hydrogen-bond acceptors (Lipinski definition) is 6. The quantitative estimate of drug-likeness (QED) is 0.733. The Morgan fingerprint density at radius 1 is 1.17 bits per heavy atom. The molecule has 7 heteroatoms. The van der Waals surface area contributed by atoms with Gasteiger partial charge in [-0.3, -0.25) is 4.79 Å². The molecule has 3 aromatic rings. The van der Waals surface area contributed by atoms with Gasteiger partial charge in [-0.25, -0.2) is 4.98 Å². The fourth-order valence-electron chi connectivity index (χ4n) is 2.29. The van der Waals surface area contributed by atoms with Crippen molar-refractivity contribution in [3.05, 3.63) is 52.4 Å². The van der Waals surface area contributed by atoms with E-state index in [2.05, 4.69) is 20.8 Å². The van der Waals surface area contributed by atoms with Gasteiger partial charge in [0.1, 0.15) is 5.76 Å². The molecular formula is C17H18N4O2S. The highest BCUT2D eigenvalue weighted by Gasteiger charge is 2.13. The number of amides is 1. The van der Waals surface area contributed by atoms with Gasteiger partial charge in [0.25, 0.3) is 0 Å². The van der Waals surface area contributed by atoms with E-state index in [1.807, 2.05) is 50.4 Å². The van der Waals surface area contributed by atoms with Crippen LogP contribution in [-0.2, 0) is 11.2 Å². The zero-order chi connectivity index (χ0) is 17.1. The minimum absolute atomic E-state index is 0.0966. The molecule has 0 unspecified atom stereocenters. The van der Waals surface area contributed by atoms with Crippen LogP contribution in [-0.4, -0.2) is 16.0 Å². The van der Waals surface area contributed by atoms with Crippen LogP contribution in [0.2, 0.25) is 0 Å². The van der Waals surface area contributed by atoms with Crippen molar-refractivity contribution >= 4 is 33.8 Å². The van der Waals surface area contributed by atoms with Gasteiger partial charge in [0.15, 0.2) is 5.13 Å². The van der Waals surface area contributed by atoms with Gasteiger partial charge in [-0.05, 0) is 45.0 Å². The molecule has 0 saturated heterocycles. The average molecular weight is 342 g/mol. The Bertz CT molecular complexity index is 832. The van der Waals surface area contributed by atoms with Crippen LogP contribution in [0.4, 0.5) is 16.5 Å². The Morgan fingerprint density at radius 3 is 2.46 bits per heavy atom. The topological polar surface area (TPSA) is 80.0 Å². The van der Waals surface area contributed by atoms with Crippen LogP contribution >= 0.6 is 11.3 Å². The second kappa shape index (κ2) is 6.84. The molecule has 0 bridgehead atoms. The highest BCUT2D eigenvalue weighted by Crippen LogP contribution is 2.22. The van der Waals surface area contributed by atoms with Gasteiger partial charge < -0.3 is 15.2 Å². The Morgan fingerprint density at radius 2 is 1.88 bits per heavy atom. The Balaban J connectivity index is 1.60. The number of carbonyl (C=O) groups is 1. The summed E-state index contributed by atoms with van der Waals surface area (Å²) in [5, 5.41) is 12.8. The zero-order valence-electron chi connectivity index (χ0n) is 13.7. The first-order chi connectivity index (χ1) is 11.5. The molecule has 24 heavy (non-hydrogen) atoms. The number of aromatic nitrogens is 2. The molecule has 0 aliphatic carbocycles. The first-order valence-corrected chi connectivity index (χ1v) is 8.40.